The van der Waals surface area contributed by atoms with Gasteiger partial charge in [-0.25, -0.2) is 16.8 Å². The zero-order chi connectivity index (χ0) is 14.7. The van der Waals surface area contributed by atoms with Crippen molar-refractivity contribution in [2.45, 2.75) is 11.8 Å². The molecule has 0 heterocycles. The number of anilines is 1. The summed E-state index contributed by atoms with van der Waals surface area (Å²) in [4.78, 5) is -0.0773. The highest BCUT2D eigenvalue weighted by atomic mass is 35.7. The highest BCUT2D eigenvalue weighted by Crippen LogP contribution is 2.22. The van der Waals surface area contributed by atoms with Crippen molar-refractivity contribution in [2.75, 3.05) is 24.2 Å². The fourth-order valence-electron chi connectivity index (χ4n) is 1.31. The van der Waals surface area contributed by atoms with Gasteiger partial charge in [-0.15, -0.1) is 0 Å². The number of hydrogen-bond donors (Lipinski definition) is 1. The summed E-state index contributed by atoms with van der Waals surface area (Å²) in [6.45, 7) is 1.66. The van der Waals surface area contributed by atoms with Gasteiger partial charge in [-0.1, -0.05) is 0 Å². The van der Waals surface area contributed by atoms with Gasteiger partial charge in [0.05, 0.1) is 22.9 Å². The molecule has 0 unspecified atom stereocenters. The number of sulfonamides is 1. The van der Waals surface area contributed by atoms with E-state index in [9.17, 15) is 16.8 Å². The third-order valence-electron chi connectivity index (χ3n) is 2.30. The molecule has 1 rings (SSSR count). The monoisotopic (exact) mass is 327 g/mol. The Morgan fingerprint density at radius 2 is 1.89 bits per heavy atom. The first-order chi connectivity index (χ1) is 8.65. The molecule has 1 aromatic rings. The fourth-order valence-corrected chi connectivity index (χ4v) is 3.20. The first-order valence-electron chi connectivity index (χ1n) is 5.20. The number of halogens is 1. The molecular formula is C10H14ClNO5S2. The number of aryl methyl sites for hydroxylation is 1. The molecule has 0 bridgehead atoms. The van der Waals surface area contributed by atoms with Crippen LogP contribution in [0, 0.1) is 6.92 Å². The molecule has 0 aliphatic rings. The van der Waals surface area contributed by atoms with Crippen molar-refractivity contribution >= 4 is 35.4 Å². The Morgan fingerprint density at radius 3 is 2.37 bits per heavy atom. The minimum absolute atomic E-state index is 0.0719. The molecule has 0 radical (unpaired) electrons. The van der Waals surface area contributed by atoms with Crippen LogP contribution in [0.5, 0.6) is 0 Å². The lowest BCUT2D eigenvalue weighted by molar-refractivity contribution is 0.217. The molecule has 0 saturated heterocycles. The second-order valence-corrected chi connectivity index (χ2v) is 8.24. The largest absolute Gasteiger partial charge is 0.384 e. The average Bonchev–Trinajstić information content (AvgIpc) is 2.27. The summed E-state index contributed by atoms with van der Waals surface area (Å²) in [6.07, 6.45) is 0. The van der Waals surface area contributed by atoms with Crippen molar-refractivity contribution < 1.29 is 21.6 Å². The molecule has 19 heavy (non-hydrogen) atoms. The lowest BCUT2D eigenvalue weighted by Crippen LogP contribution is -2.20. The van der Waals surface area contributed by atoms with Crippen LogP contribution in [0.3, 0.4) is 0 Å². The van der Waals surface area contributed by atoms with E-state index in [-0.39, 0.29) is 17.3 Å². The molecule has 1 N–H and O–H groups in total. The van der Waals surface area contributed by atoms with Crippen LogP contribution in [0.1, 0.15) is 5.56 Å². The van der Waals surface area contributed by atoms with Crippen LogP contribution >= 0.6 is 10.7 Å². The third kappa shape index (κ3) is 4.98. The summed E-state index contributed by atoms with van der Waals surface area (Å²) in [5.74, 6) is -0.182. The van der Waals surface area contributed by atoms with E-state index in [1.54, 1.807) is 6.92 Å². The van der Waals surface area contributed by atoms with E-state index in [1.165, 1.54) is 25.3 Å². The molecule has 0 spiro atoms. The Kier molecular flexibility index (Phi) is 5.19. The van der Waals surface area contributed by atoms with Gasteiger partial charge in [0.1, 0.15) is 0 Å². The maximum atomic E-state index is 11.7. The van der Waals surface area contributed by atoms with E-state index in [0.717, 1.165) is 0 Å². The van der Waals surface area contributed by atoms with Crippen molar-refractivity contribution in [3.05, 3.63) is 23.8 Å². The van der Waals surface area contributed by atoms with Gasteiger partial charge in [0.2, 0.25) is 10.0 Å². The van der Waals surface area contributed by atoms with Crippen molar-refractivity contribution in [1.29, 1.82) is 0 Å². The van der Waals surface area contributed by atoms with Gasteiger partial charge >= 0.3 is 0 Å². The summed E-state index contributed by atoms with van der Waals surface area (Å²) in [5.41, 5.74) is 0.767. The Bertz CT molecular complexity index is 654. The van der Waals surface area contributed by atoms with E-state index in [0.29, 0.717) is 11.3 Å². The van der Waals surface area contributed by atoms with Crippen LogP contribution in [-0.2, 0) is 23.8 Å². The van der Waals surface area contributed by atoms with E-state index >= 15 is 0 Å². The van der Waals surface area contributed by atoms with Gasteiger partial charge in [-0.2, -0.15) is 0 Å². The highest BCUT2D eigenvalue weighted by molar-refractivity contribution is 8.13. The zero-order valence-electron chi connectivity index (χ0n) is 10.4. The third-order valence-corrected chi connectivity index (χ3v) is 4.89. The summed E-state index contributed by atoms with van der Waals surface area (Å²) < 4.78 is 52.6. The maximum absolute atomic E-state index is 11.7. The molecule has 0 amide bonds. The van der Waals surface area contributed by atoms with Crippen LogP contribution in [0.4, 0.5) is 5.69 Å². The summed E-state index contributed by atoms with van der Waals surface area (Å²) >= 11 is 0. The molecule has 0 aliphatic heterocycles. The second-order valence-electron chi connectivity index (χ2n) is 3.83. The standard InChI is InChI=1S/C10H14ClNO5S2/c1-8-7-9(19(11,15)16)3-4-10(8)12-18(13,14)6-5-17-2/h3-4,7,12H,5-6H2,1-2H3. The predicted octanol–water partition coefficient (Wildman–Crippen LogP) is 1.31. The van der Waals surface area contributed by atoms with Crippen molar-refractivity contribution in [1.82, 2.24) is 0 Å². The Morgan fingerprint density at radius 1 is 1.26 bits per heavy atom. The number of benzene rings is 1. The number of rotatable bonds is 6. The number of ether oxygens (including phenoxy) is 1. The molecule has 0 fully saturated rings. The van der Waals surface area contributed by atoms with Gasteiger partial charge in [0.25, 0.3) is 9.05 Å². The number of methoxy groups -OCH3 is 1. The van der Waals surface area contributed by atoms with E-state index in [4.69, 9.17) is 15.4 Å². The van der Waals surface area contributed by atoms with Crippen molar-refractivity contribution in [3.8, 4) is 0 Å². The average molecular weight is 328 g/mol. The molecule has 0 aromatic heterocycles. The van der Waals surface area contributed by atoms with E-state index in [2.05, 4.69) is 4.72 Å². The van der Waals surface area contributed by atoms with E-state index in [1.807, 2.05) is 0 Å². The van der Waals surface area contributed by atoms with Gasteiger partial charge in [0, 0.05) is 17.8 Å². The molecule has 0 aliphatic carbocycles. The first kappa shape index (κ1) is 16.2. The molecule has 0 atom stereocenters. The fraction of sp³-hybridized carbons (Fsp3) is 0.400. The highest BCUT2D eigenvalue weighted by Gasteiger charge is 2.15. The lowest BCUT2D eigenvalue weighted by Gasteiger charge is -2.10. The Hall–Kier alpha value is -0.830. The summed E-state index contributed by atoms with van der Waals surface area (Å²) in [7, 11) is -0.745. The van der Waals surface area contributed by atoms with E-state index < -0.39 is 19.1 Å². The SMILES string of the molecule is COCCS(=O)(=O)Nc1ccc(S(=O)(=O)Cl)cc1C. The summed E-state index contributed by atoms with van der Waals surface area (Å²) in [5, 5.41) is 0. The molecular weight excluding hydrogens is 314 g/mol. The smallest absolute Gasteiger partial charge is 0.261 e. The molecule has 1 aromatic carbocycles. The first-order valence-corrected chi connectivity index (χ1v) is 9.16. The summed E-state index contributed by atoms with van der Waals surface area (Å²) in [6, 6.07) is 3.90. The molecule has 9 heteroatoms. The topological polar surface area (TPSA) is 89.5 Å². The van der Waals surface area contributed by atoms with Crippen LogP contribution in [0.2, 0.25) is 0 Å². The van der Waals surface area contributed by atoms with Crippen molar-refractivity contribution in [2.24, 2.45) is 0 Å². The van der Waals surface area contributed by atoms with Crippen LogP contribution in [0.25, 0.3) is 0 Å². The number of hydrogen-bond acceptors (Lipinski definition) is 5. The molecule has 0 saturated carbocycles. The Balaban J connectivity index is 2.99. The maximum Gasteiger partial charge on any atom is 0.261 e. The van der Waals surface area contributed by atoms with Crippen molar-refractivity contribution in [3.63, 3.8) is 0 Å². The van der Waals surface area contributed by atoms with Gasteiger partial charge in [-0.3, -0.25) is 4.72 Å². The zero-order valence-corrected chi connectivity index (χ0v) is 12.8. The van der Waals surface area contributed by atoms with Crippen LogP contribution in [0.15, 0.2) is 23.1 Å². The normalized spacial score (nSPS) is 12.4. The molecule has 6 nitrogen and oxygen atoms in total. The minimum atomic E-state index is -3.82. The Labute approximate surface area is 117 Å². The number of nitrogens with one attached hydrogen (secondary N) is 1. The van der Waals surface area contributed by atoms with Crippen LogP contribution < -0.4 is 4.72 Å². The lowest BCUT2D eigenvalue weighted by atomic mass is 10.2. The van der Waals surface area contributed by atoms with Gasteiger partial charge in [0.15, 0.2) is 0 Å². The van der Waals surface area contributed by atoms with Gasteiger partial charge < -0.3 is 4.74 Å². The second kappa shape index (κ2) is 6.08. The van der Waals surface area contributed by atoms with Gasteiger partial charge in [-0.05, 0) is 30.7 Å². The predicted molar refractivity (Wildman–Crippen MR) is 73.5 cm³/mol. The minimum Gasteiger partial charge on any atom is -0.384 e. The van der Waals surface area contributed by atoms with Crippen LogP contribution in [-0.4, -0.2) is 36.3 Å². The quantitative estimate of drug-likeness (QED) is 0.796. The molecule has 108 valence electrons.